The van der Waals surface area contributed by atoms with Crippen LogP contribution in [-0.4, -0.2) is 44.0 Å². The molecule has 1 heterocycles. The van der Waals surface area contributed by atoms with E-state index in [4.69, 9.17) is 4.74 Å². The molecule has 1 rings (SSSR count). The summed E-state index contributed by atoms with van der Waals surface area (Å²) in [5.74, 6) is 0.326. The molecule has 0 amide bonds. The van der Waals surface area contributed by atoms with E-state index in [1.54, 1.807) is 7.11 Å². The first kappa shape index (κ1) is 8.68. The summed E-state index contributed by atoms with van der Waals surface area (Å²) in [6.07, 6.45) is 1.79. The van der Waals surface area contributed by atoms with Crippen molar-refractivity contribution in [2.45, 2.75) is 18.9 Å². The second kappa shape index (κ2) is 3.83. The van der Waals surface area contributed by atoms with Gasteiger partial charge in [0.1, 0.15) is 5.78 Å². The Morgan fingerprint density at radius 3 is 3.00 bits per heavy atom. The molecule has 0 aromatic heterocycles. The summed E-state index contributed by atoms with van der Waals surface area (Å²) in [7, 11) is 3.66. The van der Waals surface area contributed by atoms with Crippen LogP contribution in [0.3, 0.4) is 0 Å². The minimum Gasteiger partial charge on any atom is -0.380 e. The molecule has 11 heavy (non-hydrogen) atoms. The SMILES string of the molecule is COC1CCC(=O)CN(C)C1. The fourth-order valence-electron chi connectivity index (χ4n) is 1.40. The van der Waals surface area contributed by atoms with Gasteiger partial charge in [-0.15, -0.1) is 0 Å². The average molecular weight is 157 g/mol. The Labute approximate surface area is 67.3 Å². The number of ether oxygens (including phenoxy) is 1. The van der Waals surface area contributed by atoms with Crippen molar-refractivity contribution >= 4 is 5.78 Å². The predicted octanol–water partition coefficient (Wildman–Crippen LogP) is 0.296. The summed E-state index contributed by atoms with van der Waals surface area (Å²) in [4.78, 5) is 13.1. The van der Waals surface area contributed by atoms with E-state index in [1.807, 2.05) is 11.9 Å². The first-order chi connectivity index (χ1) is 5.22. The quantitative estimate of drug-likeness (QED) is 0.548. The summed E-state index contributed by atoms with van der Waals surface area (Å²) in [5.41, 5.74) is 0. The third kappa shape index (κ3) is 2.60. The Kier molecular flexibility index (Phi) is 3.02. The Balaban J connectivity index is 2.46. The highest BCUT2D eigenvalue weighted by Gasteiger charge is 2.18. The van der Waals surface area contributed by atoms with Crippen LogP contribution in [0.15, 0.2) is 0 Å². The van der Waals surface area contributed by atoms with Crippen LogP contribution in [0.5, 0.6) is 0 Å². The van der Waals surface area contributed by atoms with Crippen LogP contribution in [0.1, 0.15) is 12.8 Å². The van der Waals surface area contributed by atoms with Crippen LogP contribution >= 0.6 is 0 Å². The molecule has 1 saturated heterocycles. The maximum absolute atomic E-state index is 11.1. The number of hydrogen-bond acceptors (Lipinski definition) is 3. The number of methoxy groups -OCH3 is 1. The molecule has 0 N–H and O–H groups in total. The van der Waals surface area contributed by atoms with Crippen molar-refractivity contribution in [2.24, 2.45) is 0 Å². The van der Waals surface area contributed by atoms with Crippen molar-refractivity contribution in [2.75, 3.05) is 27.2 Å². The van der Waals surface area contributed by atoms with Gasteiger partial charge in [-0.3, -0.25) is 9.69 Å². The molecule has 0 aliphatic carbocycles. The van der Waals surface area contributed by atoms with Gasteiger partial charge in [0.2, 0.25) is 0 Å². The standard InChI is InChI=1S/C8H15NO2/c1-9-5-7(10)3-4-8(6-9)11-2/h8H,3-6H2,1-2H3. The van der Waals surface area contributed by atoms with E-state index in [1.165, 1.54) is 0 Å². The van der Waals surface area contributed by atoms with Crippen LogP contribution in [-0.2, 0) is 9.53 Å². The highest BCUT2D eigenvalue weighted by Crippen LogP contribution is 2.08. The van der Waals surface area contributed by atoms with Crippen LogP contribution in [0.25, 0.3) is 0 Å². The molecule has 1 fully saturated rings. The average Bonchev–Trinajstić information content (AvgIpc) is 2.11. The first-order valence-electron chi connectivity index (χ1n) is 3.95. The summed E-state index contributed by atoms with van der Waals surface area (Å²) in [6.45, 7) is 1.46. The highest BCUT2D eigenvalue weighted by atomic mass is 16.5. The van der Waals surface area contributed by atoms with Crippen LogP contribution in [0.4, 0.5) is 0 Å². The van der Waals surface area contributed by atoms with Crippen molar-refractivity contribution in [1.29, 1.82) is 0 Å². The van der Waals surface area contributed by atoms with Crippen molar-refractivity contribution in [3.63, 3.8) is 0 Å². The second-order valence-corrected chi connectivity index (χ2v) is 3.13. The van der Waals surface area contributed by atoms with Gasteiger partial charge in [0.25, 0.3) is 0 Å². The Morgan fingerprint density at radius 1 is 1.64 bits per heavy atom. The molecule has 64 valence electrons. The Hall–Kier alpha value is -0.410. The maximum Gasteiger partial charge on any atom is 0.146 e. The van der Waals surface area contributed by atoms with Crippen molar-refractivity contribution in [1.82, 2.24) is 4.90 Å². The Morgan fingerprint density at radius 2 is 2.36 bits per heavy atom. The summed E-state index contributed by atoms with van der Waals surface area (Å²) < 4.78 is 5.20. The number of carbonyl (C=O) groups is 1. The fourth-order valence-corrected chi connectivity index (χ4v) is 1.40. The molecule has 0 spiro atoms. The molecule has 0 bridgehead atoms. The minimum absolute atomic E-state index is 0.242. The molecule has 1 aliphatic heterocycles. The molecule has 0 radical (unpaired) electrons. The zero-order valence-corrected chi connectivity index (χ0v) is 7.17. The molecule has 1 aliphatic rings. The van der Waals surface area contributed by atoms with E-state index >= 15 is 0 Å². The monoisotopic (exact) mass is 157 g/mol. The lowest BCUT2D eigenvalue weighted by atomic mass is 10.2. The van der Waals surface area contributed by atoms with E-state index in [9.17, 15) is 4.79 Å². The minimum atomic E-state index is 0.242. The molecule has 1 unspecified atom stereocenters. The van der Waals surface area contributed by atoms with Crippen molar-refractivity contribution < 1.29 is 9.53 Å². The van der Waals surface area contributed by atoms with E-state index in [0.717, 1.165) is 13.0 Å². The summed E-state index contributed by atoms with van der Waals surface area (Å²) in [6, 6.07) is 0. The third-order valence-electron chi connectivity index (χ3n) is 2.04. The molecule has 3 heteroatoms. The number of Topliss-reactive ketones (excluding diaryl/α,β-unsaturated/α-hetero) is 1. The number of rotatable bonds is 1. The van der Waals surface area contributed by atoms with Crippen LogP contribution < -0.4 is 0 Å². The molecule has 0 saturated carbocycles. The summed E-state index contributed by atoms with van der Waals surface area (Å²) >= 11 is 0. The number of ketones is 1. The van der Waals surface area contributed by atoms with E-state index in [-0.39, 0.29) is 6.10 Å². The smallest absolute Gasteiger partial charge is 0.146 e. The number of likely N-dealkylation sites (tertiary alicyclic amines) is 1. The topological polar surface area (TPSA) is 29.5 Å². The molecule has 0 aromatic rings. The van der Waals surface area contributed by atoms with E-state index in [2.05, 4.69) is 0 Å². The van der Waals surface area contributed by atoms with Crippen LogP contribution in [0, 0.1) is 0 Å². The second-order valence-electron chi connectivity index (χ2n) is 3.13. The molecular weight excluding hydrogens is 142 g/mol. The molecule has 1 atom stereocenters. The zero-order chi connectivity index (χ0) is 8.27. The lowest BCUT2D eigenvalue weighted by Gasteiger charge is -2.17. The fraction of sp³-hybridized carbons (Fsp3) is 0.875. The molecule has 0 aromatic carbocycles. The van der Waals surface area contributed by atoms with Gasteiger partial charge in [-0.1, -0.05) is 0 Å². The lowest BCUT2D eigenvalue weighted by Crippen LogP contribution is -2.29. The zero-order valence-electron chi connectivity index (χ0n) is 7.17. The van der Waals surface area contributed by atoms with Gasteiger partial charge in [0.05, 0.1) is 12.6 Å². The number of nitrogens with zero attached hydrogens (tertiary/aromatic N) is 1. The van der Waals surface area contributed by atoms with E-state index in [0.29, 0.717) is 18.7 Å². The van der Waals surface area contributed by atoms with Gasteiger partial charge in [0, 0.05) is 20.1 Å². The first-order valence-corrected chi connectivity index (χ1v) is 3.95. The number of hydrogen-bond donors (Lipinski definition) is 0. The third-order valence-corrected chi connectivity index (χ3v) is 2.04. The van der Waals surface area contributed by atoms with Gasteiger partial charge in [0.15, 0.2) is 0 Å². The maximum atomic E-state index is 11.1. The van der Waals surface area contributed by atoms with Gasteiger partial charge in [-0.2, -0.15) is 0 Å². The summed E-state index contributed by atoms with van der Waals surface area (Å²) in [5, 5.41) is 0. The van der Waals surface area contributed by atoms with E-state index < -0.39 is 0 Å². The van der Waals surface area contributed by atoms with Gasteiger partial charge in [-0.25, -0.2) is 0 Å². The predicted molar refractivity (Wildman–Crippen MR) is 42.5 cm³/mol. The molecule has 3 nitrogen and oxygen atoms in total. The van der Waals surface area contributed by atoms with Crippen molar-refractivity contribution in [3.8, 4) is 0 Å². The lowest BCUT2D eigenvalue weighted by molar-refractivity contribution is -0.119. The Bertz CT molecular complexity index is 147. The normalized spacial score (nSPS) is 28.5. The molecular formula is C8H15NO2. The van der Waals surface area contributed by atoms with Gasteiger partial charge >= 0.3 is 0 Å². The van der Waals surface area contributed by atoms with Gasteiger partial charge < -0.3 is 4.74 Å². The van der Waals surface area contributed by atoms with Crippen molar-refractivity contribution in [3.05, 3.63) is 0 Å². The van der Waals surface area contributed by atoms with Crippen LogP contribution in [0.2, 0.25) is 0 Å². The highest BCUT2D eigenvalue weighted by molar-refractivity contribution is 5.80. The van der Waals surface area contributed by atoms with Gasteiger partial charge in [-0.05, 0) is 13.5 Å². The number of carbonyl (C=O) groups excluding carboxylic acids is 1. The number of likely N-dealkylation sites (N-methyl/N-ethyl adjacent to an activating group) is 1. The largest absolute Gasteiger partial charge is 0.380 e.